The summed E-state index contributed by atoms with van der Waals surface area (Å²) in [4.78, 5) is 4.35. The van der Waals surface area contributed by atoms with Crippen molar-refractivity contribution in [3.8, 4) is 5.69 Å². The minimum absolute atomic E-state index is 0.362. The molecule has 1 unspecified atom stereocenters. The Morgan fingerprint density at radius 1 is 1.37 bits per heavy atom. The molecule has 1 N–H and O–H groups in total. The first kappa shape index (κ1) is 14.3. The second-order valence-corrected chi connectivity index (χ2v) is 5.63. The van der Waals surface area contributed by atoms with Crippen molar-refractivity contribution < 1.29 is 0 Å². The smallest absolute Gasteiger partial charge is 0.0997 e. The van der Waals surface area contributed by atoms with Gasteiger partial charge >= 0.3 is 0 Å². The van der Waals surface area contributed by atoms with Crippen molar-refractivity contribution in [3.05, 3.63) is 46.0 Å². The van der Waals surface area contributed by atoms with Crippen LogP contribution in [0.1, 0.15) is 36.8 Å². The fraction of sp³-hybridized carbons (Fsp3) is 0.400. The second kappa shape index (κ2) is 5.88. The van der Waals surface area contributed by atoms with E-state index in [0.29, 0.717) is 6.04 Å². The molecule has 1 atom stereocenters. The van der Waals surface area contributed by atoms with Gasteiger partial charge in [-0.1, -0.05) is 13.0 Å². The van der Waals surface area contributed by atoms with E-state index < -0.39 is 0 Å². The third kappa shape index (κ3) is 2.90. The molecular formula is C15H20BrN3. The lowest BCUT2D eigenvalue weighted by atomic mass is 10.1. The first-order valence-electron chi connectivity index (χ1n) is 6.58. The number of nitrogens with one attached hydrogen (secondary N) is 1. The van der Waals surface area contributed by atoms with Crippen molar-refractivity contribution >= 4 is 15.9 Å². The maximum atomic E-state index is 4.35. The molecule has 4 heteroatoms. The van der Waals surface area contributed by atoms with Crippen LogP contribution >= 0.6 is 15.9 Å². The molecule has 0 bridgehead atoms. The number of rotatable bonds is 4. The van der Waals surface area contributed by atoms with Gasteiger partial charge in [0.15, 0.2) is 0 Å². The highest BCUT2D eigenvalue weighted by Crippen LogP contribution is 2.26. The first-order chi connectivity index (χ1) is 9.04. The molecule has 0 saturated heterocycles. The van der Waals surface area contributed by atoms with Crippen LogP contribution in [0, 0.1) is 13.8 Å². The molecule has 1 heterocycles. The zero-order chi connectivity index (χ0) is 14.0. The van der Waals surface area contributed by atoms with Gasteiger partial charge in [0.25, 0.3) is 0 Å². The van der Waals surface area contributed by atoms with Crippen LogP contribution in [0.15, 0.2) is 29.0 Å². The fourth-order valence-corrected chi connectivity index (χ4v) is 2.74. The standard InChI is InChI=1S/C15H20BrN3/c1-5-17-11(3)13-6-7-15(14(16)8-13)19-9-18-10(2)12(19)4/h6-9,11,17H,5H2,1-4H3. The SMILES string of the molecule is CCNC(C)c1ccc(-n2cnc(C)c2C)c(Br)c1. The molecule has 3 nitrogen and oxygen atoms in total. The highest BCUT2D eigenvalue weighted by Gasteiger charge is 2.10. The van der Waals surface area contributed by atoms with Crippen molar-refractivity contribution in [1.29, 1.82) is 0 Å². The van der Waals surface area contributed by atoms with Crippen LogP contribution in [0.5, 0.6) is 0 Å². The van der Waals surface area contributed by atoms with Crippen molar-refractivity contribution in [2.45, 2.75) is 33.7 Å². The molecule has 0 aliphatic rings. The van der Waals surface area contributed by atoms with Crippen molar-refractivity contribution in [1.82, 2.24) is 14.9 Å². The van der Waals surface area contributed by atoms with Gasteiger partial charge in [0.2, 0.25) is 0 Å². The lowest BCUT2D eigenvalue weighted by Crippen LogP contribution is -2.17. The Morgan fingerprint density at radius 2 is 2.11 bits per heavy atom. The van der Waals surface area contributed by atoms with Gasteiger partial charge in [-0.05, 0) is 60.9 Å². The highest BCUT2D eigenvalue weighted by molar-refractivity contribution is 9.10. The van der Waals surface area contributed by atoms with E-state index in [4.69, 9.17) is 0 Å². The first-order valence-corrected chi connectivity index (χ1v) is 7.37. The third-order valence-electron chi connectivity index (χ3n) is 3.49. The van der Waals surface area contributed by atoms with E-state index in [0.717, 1.165) is 22.4 Å². The number of aromatic nitrogens is 2. The van der Waals surface area contributed by atoms with Gasteiger partial charge in [-0.25, -0.2) is 4.98 Å². The summed E-state index contributed by atoms with van der Waals surface area (Å²) in [7, 11) is 0. The molecule has 0 saturated carbocycles. The van der Waals surface area contributed by atoms with Gasteiger partial charge in [0.1, 0.15) is 0 Å². The van der Waals surface area contributed by atoms with Gasteiger partial charge in [-0.15, -0.1) is 0 Å². The molecule has 0 aliphatic heterocycles. The third-order valence-corrected chi connectivity index (χ3v) is 4.13. The molecule has 1 aromatic carbocycles. The van der Waals surface area contributed by atoms with Crippen LogP contribution < -0.4 is 5.32 Å². The normalized spacial score (nSPS) is 12.7. The topological polar surface area (TPSA) is 29.9 Å². The minimum atomic E-state index is 0.362. The molecule has 102 valence electrons. The molecule has 0 amide bonds. The van der Waals surface area contributed by atoms with Crippen molar-refractivity contribution in [2.24, 2.45) is 0 Å². The summed E-state index contributed by atoms with van der Waals surface area (Å²) in [6, 6.07) is 6.85. The Labute approximate surface area is 123 Å². The average Bonchev–Trinajstić information content (AvgIpc) is 2.70. The van der Waals surface area contributed by atoms with E-state index in [-0.39, 0.29) is 0 Å². The van der Waals surface area contributed by atoms with Crippen LogP contribution in [0.2, 0.25) is 0 Å². The summed E-state index contributed by atoms with van der Waals surface area (Å²) < 4.78 is 3.21. The Balaban J connectivity index is 2.37. The van der Waals surface area contributed by atoms with E-state index in [2.05, 4.69) is 69.8 Å². The number of hydrogen-bond acceptors (Lipinski definition) is 2. The van der Waals surface area contributed by atoms with Crippen LogP contribution in [-0.2, 0) is 0 Å². The molecule has 19 heavy (non-hydrogen) atoms. The fourth-order valence-electron chi connectivity index (χ4n) is 2.15. The summed E-state index contributed by atoms with van der Waals surface area (Å²) in [6.45, 7) is 9.39. The number of aryl methyl sites for hydroxylation is 1. The quantitative estimate of drug-likeness (QED) is 0.924. The van der Waals surface area contributed by atoms with E-state index in [1.54, 1.807) is 0 Å². The Hall–Kier alpha value is -1.13. The molecule has 1 aromatic heterocycles. The largest absolute Gasteiger partial charge is 0.310 e. The van der Waals surface area contributed by atoms with E-state index in [1.807, 2.05) is 13.3 Å². The predicted molar refractivity (Wildman–Crippen MR) is 82.8 cm³/mol. The van der Waals surface area contributed by atoms with E-state index in [1.165, 1.54) is 11.3 Å². The number of imidazole rings is 1. The molecule has 0 spiro atoms. The average molecular weight is 322 g/mol. The van der Waals surface area contributed by atoms with Gasteiger partial charge in [-0.2, -0.15) is 0 Å². The zero-order valence-corrected chi connectivity index (χ0v) is 13.5. The Kier molecular flexibility index (Phi) is 4.42. The second-order valence-electron chi connectivity index (χ2n) is 4.78. The zero-order valence-electron chi connectivity index (χ0n) is 11.9. The molecule has 2 aromatic rings. The van der Waals surface area contributed by atoms with Crippen molar-refractivity contribution in [3.63, 3.8) is 0 Å². The summed E-state index contributed by atoms with van der Waals surface area (Å²) >= 11 is 3.67. The van der Waals surface area contributed by atoms with Crippen LogP contribution in [0.4, 0.5) is 0 Å². The summed E-state index contributed by atoms with van der Waals surface area (Å²) in [5.74, 6) is 0. The van der Waals surface area contributed by atoms with Gasteiger partial charge in [-0.3, -0.25) is 0 Å². The van der Waals surface area contributed by atoms with Gasteiger partial charge in [0, 0.05) is 16.2 Å². The van der Waals surface area contributed by atoms with Crippen LogP contribution in [0.25, 0.3) is 5.69 Å². The van der Waals surface area contributed by atoms with E-state index >= 15 is 0 Å². The van der Waals surface area contributed by atoms with Gasteiger partial charge < -0.3 is 9.88 Å². The molecule has 0 fully saturated rings. The molecular weight excluding hydrogens is 302 g/mol. The maximum Gasteiger partial charge on any atom is 0.0997 e. The van der Waals surface area contributed by atoms with Crippen molar-refractivity contribution in [2.75, 3.05) is 6.54 Å². The minimum Gasteiger partial charge on any atom is -0.310 e. The lowest BCUT2D eigenvalue weighted by molar-refractivity contribution is 0.598. The Bertz CT molecular complexity index is 575. The number of halogens is 1. The molecule has 2 rings (SSSR count). The number of benzene rings is 1. The highest BCUT2D eigenvalue weighted by atomic mass is 79.9. The summed E-state index contributed by atoms with van der Waals surface area (Å²) in [5, 5.41) is 3.42. The lowest BCUT2D eigenvalue weighted by Gasteiger charge is -2.15. The maximum absolute atomic E-state index is 4.35. The van der Waals surface area contributed by atoms with Crippen LogP contribution in [0.3, 0.4) is 0 Å². The Morgan fingerprint density at radius 3 is 2.63 bits per heavy atom. The number of hydrogen-bond donors (Lipinski definition) is 1. The van der Waals surface area contributed by atoms with E-state index in [9.17, 15) is 0 Å². The number of nitrogens with zero attached hydrogens (tertiary/aromatic N) is 2. The monoisotopic (exact) mass is 321 g/mol. The molecule has 0 aliphatic carbocycles. The van der Waals surface area contributed by atoms with Gasteiger partial charge in [0.05, 0.1) is 17.7 Å². The molecule has 0 radical (unpaired) electrons. The van der Waals surface area contributed by atoms with Crippen LogP contribution in [-0.4, -0.2) is 16.1 Å². The summed E-state index contributed by atoms with van der Waals surface area (Å²) in [5.41, 5.74) is 4.66. The predicted octanol–water partition coefficient (Wildman–Crippen LogP) is 3.92. The summed E-state index contributed by atoms with van der Waals surface area (Å²) in [6.07, 6.45) is 1.87.